The lowest BCUT2D eigenvalue weighted by Crippen LogP contribution is -2.46. The van der Waals surface area contributed by atoms with Gasteiger partial charge in [-0.05, 0) is 59.4 Å². The number of rotatable bonds is 3. The van der Waals surface area contributed by atoms with Crippen molar-refractivity contribution in [2.75, 3.05) is 13.1 Å². The van der Waals surface area contributed by atoms with Crippen LogP contribution in [0.3, 0.4) is 0 Å². The fraction of sp³-hybridized carbons (Fsp3) is 0.933. The van der Waals surface area contributed by atoms with Crippen LogP contribution in [0.1, 0.15) is 52.9 Å². The number of carbonyl (C=O) groups is 1. The van der Waals surface area contributed by atoms with Crippen molar-refractivity contribution < 1.29 is 9.53 Å². The first-order valence-electron chi connectivity index (χ1n) is 7.88. The number of hydrogen-bond donors (Lipinski definition) is 3. The molecule has 1 amide bonds. The number of hydrogen-bond acceptors (Lipinski definition) is 4. The molecule has 1 aliphatic carbocycles. The molecule has 116 valence electrons. The van der Waals surface area contributed by atoms with Crippen LogP contribution in [0.25, 0.3) is 0 Å². The summed E-state index contributed by atoms with van der Waals surface area (Å²) in [6.07, 6.45) is 5.30. The van der Waals surface area contributed by atoms with E-state index in [1.165, 1.54) is 6.42 Å². The van der Waals surface area contributed by atoms with Gasteiger partial charge >= 0.3 is 6.09 Å². The molecule has 5 heteroatoms. The molecule has 0 aromatic heterocycles. The van der Waals surface area contributed by atoms with E-state index in [0.717, 1.165) is 38.8 Å². The number of nitrogens with one attached hydrogen (secondary N) is 3. The second-order valence-electron chi connectivity index (χ2n) is 7.05. The minimum Gasteiger partial charge on any atom is -0.444 e. The minimum absolute atomic E-state index is 0.268. The normalized spacial score (nSPS) is 31.1. The van der Waals surface area contributed by atoms with Gasteiger partial charge in [-0.15, -0.1) is 0 Å². The highest BCUT2D eigenvalue weighted by Gasteiger charge is 2.26. The number of carbonyl (C=O) groups excluding carboxylic acids is 1. The van der Waals surface area contributed by atoms with Crippen LogP contribution in [0.15, 0.2) is 0 Å². The quantitative estimate of drug-likeness (QED) is 0.739. The summed E-state index contributed by atoms with van der Waals surface area (Å²) in [7, 11) is 0. The SMILES string of the molecule is CC(C)(C)OC(=O)NC1CCC(NC2CCNC2)CC1. The Hall–Kier alpha value is -0.810. The third kappa shape index (κ3) is 5.29. The van der Waals surface area contributed by atoms with Crippen LogP contribution in [0.2, 0.25) is 0 Å². The standard InChI is InChI=1S/C15H29N3O2/c1-15(2,3)20-14(19)18-12-6-4-11(5-7-12)17-13-8-9-16-10-13/h11-13,16-17H,4-10H2,1-3H3,(H,18,19). The lowest BCUT2D eigenvalue weighted by Gasteiger charge is -2.32. The molecule has 1 aliphatic heterocycles. The zero-order chi connectivity index (χ0) is 14.6. The topological polar surface area (TPSA) is 62.4 Å². The van der Waals surface area contributed by atoms with Gasteiger partial charge in [0.2, 0.25) is 0 Å². The van der Waals surface area contributed by atoms with E-state index in [9.17, 15) is 4.79 Å². The summed E-state index contributed by atoms with van der Waals surface area (Å²) in [6.45, 7) is 7.90. The van der Waals surface area contributed by atoms with E-state index in [1.807, 2.05) is 20.8 Å². The summed E-state index contributed by atoms with van der Waals surface area (Å²) in [4.78, 5) is 11.7. The highest BCUT2D eigenvalue weighted by atomic mass is 16.6. The van der Waals surface area contributed by atoms with Crippen LogP contribution in [-0.2, 0) is 4.74 Å². The van der Waals surface area contributed by atoms with Crippen molar-refractivity contribution in [2.45, 2.75) is 76.6 Å². The van der Waals surface area contributed by atoms with E-state index < -0.39 is 5.60 Å². The van der Waals surface area contributed by atoms with Crippen molar-refractivity contribution in [3.05, 3.63) is 0 Å². The van der Waals surface area contributed by atoms with Crippen LogP contribution in [0.4, 0.5) is 4.79 Å². The van der Waals surface area contributed by atoms with Crippen molar-refractivity contribution >= 4 is 6.09 Å². The molecule has 0 bridgehead atoms. The van der Waals surface area contributed by atoms with E-state index in [0.29, 0.717) is 12.1 Å². The van der Waals surface area contributed by atoms with Crippen molar-refractivity contribution in [1.82, 2.24) is 16.0 Å². The predicted octanol–water partition coefficient (Wildman–Crippen LogP) is 1.77. The Morgan fingerprint density at radius 3 is 2.25 bits per heavy atom. The molecule has 20 heavy (non-hydrogen) atoms. The third-order valence-corrected chi connectivity index (χ3v) is 3.98. The Morgan fingerprint density at radius 2 is 1.70 bits per heavy atom. The Kier molecular flexibility index (Phi) is 5.27. The highest BCUT2D eigenvalue weighted by molar-refractivity contribution is 5.68. The monoisotopic (exact) mass is 283 g/mol. The second-order valence-corrected chi connectivity index (χ2v) is 7.05. The van der Waals surface area contributed by atoms with Crippen molar-refractivity contribution in [2.24, 2.45) is 0 Å². The van der Waals surface area contributed by atoms with E-state index in [2.05, 4.69) is 16.0 Å². The molecule has 0 aromatic rings. The first-order chi connectivity index (χ1) is 9.42. The molecule has 1 saturated carbocycles. The summed E-state index contributed by atoms with van der Waals surface area (Å²) in [6, 6.07) is 1.51. The molecule has 0 aromatic carbocycles. The minimum atomic E-state index is -0.418. The smallest absolute Gasteiger partial charge is 0.407 e. The first-order valence-corrected chi connectivity index (χ1v) is 7.88. The maximum absolute atomic E-state index is 11.7. The highest BCUT2D eigenvalue weighted by Crippen LogP contribution is 2.20. The average Bonchev–Trinajstić information content (AvgIpc) is 2.82. The Balaban J connectivity index is 1.64. The van der Waals surface area contributed by atoms with Gasteiger partial charge in [-0.1, -0.05) is 0 Å². The largest absolute Gasteiger partial charge is 0.444 e. The maximum atomic E-state index is 11.7. The van der Waals surface area contributed by atoms with Crippen LogP contribution in [0, 0.1) is 0 Å². The van der Waals surface area contributed by atoms with Gasteiger partial charge in [0.25, 0.3) is 0 Å². The van der Waals surface area contributed by atoms with Gasteiger partial charge in [-0.2, -0.15) is 0 Å². The molecule has 2 fully saturated rings. The molecule has 3 N–H and O–H groups in total. The molecule has 1 atom stereocenters. The molecule has 1 heterocycles. The van der Waals surface area contributed by atoms with E-state index in [-0.39, 0.29) is 12.1 Å². The van der Waals surface area contributed by atoms with E-state index in [1.54, 1.807) is 0 Å². The predicted molar refractivity (Wildman–Crippen MR) is 79.8 cm³/mol. The molecular formula is C15H29N3O2. The van der Waals surface area contributed by atoms with E-state index in [4.69, 9.17) is 4.74 Å². The van der Waals surface area contributed by atoms with Crippen molar-refractivity contribution in [3.63, 3.8) is 0 Å². The van der Waals surface area contributed by atoms with Gasteiger partial charge in [0.05, 0.1) is 0 Å². The van der Waals surface area contributed by atoms with Crippen LogP contribution in [0.5, 0.6) is 0 Å². The van der Waals surface area contributed by atoms with Gasteiger partial charge in [0, 0.05) is 24.7 Å². The van der Waals surface area contributed by atoms with Gasteiger partial charge in [-0.3, -0.25) is 0 Å². The van der Waals surface area contributed by atoms with Gasteiger partial charge < -0.3 is 20.7 Å². The molecule has 1 saturated heterocycles. The Labute approximate surface area is 122 Å². The van der Waals surface area contributed by atoms with Gasteiger partial charge in [0.15, 0.2) is 0 Å². The maximum Gasteiger partial charge on any atom is 0.407 e. The lowest BCUT2D eigenvalue weighted by atomic mass is 9.90. The molecule has 1 unspecified atom stereocenters. The summed E-state index contributed by atoms with van der Waals surface area (Å²) < 4.78 is 5.30. The summed E-state index contributed by atoms with van der Waals surface area (Å²) in [5.41, 5.74) is -0.418. The van der Waals surface area contributed by atoms with Crippen molar-refractivity contribution in [3.8, 4) is 0 Å². The third-order valence-electron chi connectivity index (χ3n) is 3.98. The zero-order valence-electron chi connectivity index (χ0n) is 13.0. The van der Waals surface area contributed by atoms with Crippen LogP contribution >= 0.6 is 0 Å². The second kappa shape index (κ2) is 6.76. The Bertz CT molecular complexity index is 314. The van der Waals surface area contributed by atoms with E-state index >= 15 is 0 Å². The van der Waals surface area contributed by atoms with Crippen LogP contribution < -0.4 is 16.0 Å². The molecule has 0 spiro atoms. The number of amides is 1. The molecule has 2 aliphatic rings. The lowest BCUT2D eigenvalue weighted by molar-refractivity contribution is 0.0489. The number of alkyl carbamates (subject to hydrolysis) is 1. The zero-order valence-corrected chi connectivity index (χ0v) is 13.0. The number of ether oxygens (including phenoxy) is 1. The summed E-state index contributed by atoms with van der Waals surface area (Å²) in [5, 5.41) is 10.1. The van der Waals surface area contributed by atoms with Crippen LogP contribution in [-0.4, -0.2) is 42.9 Å². The Morgan fingerprint density at radius 1 is 1.05 bits per heavy atom. The first kappa shape index (κ1) is 15.6. The summed E-state index contributed by atoms with van der Waals surface area (Å²) >= 11 is 0. The average molecular weight is 283 g/mol. The van der Waals surface area contributed by atoms with Gasteiger partial charge in [-0.25, -0.2) is 4.79 Å². The molecular weight excluding hydrogens is 254 g/mol. The summed E-state index contributed by atoms with van der Waals surface area (Å²) in [5.74, 6) is 0. The molecule has 0 radical (unpaired) electrons. The fourth-order valence-electron chi connectivity index (χ4n) is 3.01. The van der Waals surface area contributed by atoms with Crippen molar-refractivity contribution in [1.29, 1.82) is 0 Å². The van der Waals surface area contributed by atoms with Gasteiger partial charge in [0.1, 0.15) is 5.60 Å². The molecule has 2 rings (SSSR count). The molecule has 5 nitrogen and oxygen atoms in total. The fourth-order valence-corrected chi connectivity index (χ4v) is 3.01.